The van der Waals surface area contributed by atoms with E-state index in [1.165, 1.54) is 0 Å². The number of hydrogen-bond donors (Lipinski definition) is 0. The van der Waals surface area contributed by atoms with Gasteiger partial charge in [-0.3, -0.25) is 0 Å². The van der Waals surface area contributed by atoms with Crippen molar-refractivity contribution in [3.8, 4) is 0 Å². The summed E-state index contributed by atoms with van der Waals surface area (Å²) in [6, 6.07) is 0. The van der Waals surface area contributed by atoms with Crippen LogP contribution in [0.5, 0.6) is 0 Å². The van der Waals surface area contributed by atoms with Crippen LogP contribution in [0.3, 0.4) is 0 Å². The molecule has 0 aromatic heterocycles. The fraction of sp³-hybridized carbons (Fsp3) is 1.00. The second kappa shape index (κ2) is 4.76. The van der Waals surface area contributed by atoms with Crippen LogP contribution in [0.15, 0.2) is 0 Å². The molecule has 25 heavy (non-hydrogen) atoms. The molecule has 0 aliphatic carbocycles. The van der Waals surface area contributed by atoms with Gasteiger partial charge in [0.15, 0.2) is 0 Å². The first-order chi connectivity index (χ1) is 10.2. The second-order valence-electron chi connectivity index (χ2n) is 4.21. The molecule has 0 radical (unpaired) electrons. The molecule has 0 heterocycles. The molecule has 156 valence electrons. The molecule has 0 saturated carbocycles. The molecule has 0 aliphatic rings. The van der Waals surface area contributed by atoms with Gasteiger partial charge in [-0.2, -0.15) is 0 Å². The van der Waals surface area contributed by atoms with Gasteiger partial charge in [0.2, 0.25) is 0 Å². The third-order valence-electron chi connectivity index (χ3n) is 3.47. The second-order valence-corrected chi connectivity index (χ2v) is 28.5. The molecule has 0 nitrogen and oxygen atoms in total. The predicted molar refractivity (Wildman–Crippen MR) is 36.3 cm³/mol. The van der Waals surface area contributed by atoms with Crippen LogP contribution in [-0.2, 0) is 0 Å². The van der Waals surface area contributed by atoms with E-state index in [4.69, 9.17) is 0 Å². The van der Waals surface area contributed by atoms with E-state index < -0.39 is 40.4 Å². The average Bonchev–Trinajstić information content (AvgIpc) is 2.00. The molecule has 0 N–H and O–H groups in total. The standard InChI is InChI=1S/6CF3.Pu/c6*2-1(3)4;. The van der Waals surface area contributed by atoms with Crippen LogP contribution >= 0.6 is 0 Å². The van der Waals surface area contributed by atoms with E-state index in [0.29, 0.717) is 0 Å². The minimum atomic E-state index is -16.8. The molecule has 0 amide bonds. The monoisotopic (exact) mass is 652 g/mol. The van der Waals surface area contributed by atoms with Crippen LogP contribution in [0.4, 0.5) is 79.0 Å². The van der Waals surface area contributed by atoms with Crippen molar-refractivity contribution in [1.82, 2.24) is 0 Å². The summed E-state index contributed by atoms with van der Waals surface area (Å²) in [5, 5.41) is 0. The molecule has 0 bridgehead atoms. The zero-order valence-corrected chi connectivity index (χ0v) is 13.6. The summed E-state index contributed by atoms with van der Waals surface area (Å²) < 4.78 is 169. The first kappa shape index (κ1) is 24.7. The van der Waals surface area contributed by atoms with Gasteiger partial charge in [-0.05, 0) is 0 Å². The van der Waals surface area contributed by atoms with E-state index in [1.54, 1.807) is 0 Å². The predicted octanol–water partition coefficient (Wildman–Crippen LogP) is 6.33. The number of alkyl halides is 18. The van der Waals surface area contributed by atoms with Gasteiger partial charge in [0, 0.05) is 0 Å². The van der Waals surface area contributed by atoms with Crippen LogP contribution in [0, 0.1) is 19.5 Å². The van der Waals surface area contributed by atoms with Crippen molar-refractivity contribution >= 4 is 0 Å². The van der Waals surface area contributed by atoms with E-state index in [-0.39, 0.29) is 0 Å². The zero-order valence-electron chi connectivity index (χ0n) is 10.2. The Labute approximate surface area is 120 Å². The summed E-state index contributed by atoms with van der Waals surface area (Å²) in [5.74, 6) is 0. The molecule has 19 heteroatoms. The van der Waals surface area contributed by atoms with Crippen molar-refractivity contribution in [1.29, 1.82) is 0 Å². The third kappa shape index (κ3) is 1.39. The van der Waals surface area contributed by atoms with Crippen LogP contribution in [-0.4, -0.2) is 20.9 Å². The topological polar surface area (TPSA) is 0 Å². The summed E-state index contributed by atoms with van der Waals surface area (Å²) in [4.78, 5) is 0. The molecule has 0 atom stereocenters. The van der Waals surface area contributed by atoms with Crippen LogP contribution in [0.1, 0.15) is 0 Å². The van der Waals surface area contributed by atoms with Crippen molar-refractivity contribution in [3.05, 3.63) is 0 Å². The molecule has 0 rings (SSSR count). The summed E-state index contributed by atoms with van der Waals surface area (Å²) in [7, 11) is 0. The average molecular weight is 658 g/mol. The van der Waals surface area contributed by atoms with Gasteiger partial charge < -0.3 is 0 Å². The van der Waals surface area contributed by atoms with Crippen molar-refractivity contribution in [2.45, 2.75) is 20.9 Å². The van der Waals surface area contributed by atoms with Crippen LogP contribution in [0.25, 0.3) is 0 Å². The maximum atomic E-state index is 12.7. The molecule has 0 saturated heterocycles. The SMILES string of the molecule is F[C](F)(F)[Pu]([C](F)(F)F)([C](F)(F)F)([C](F)(F)F)([C](F)(F)F)[C](F)(F)F. The zero-order chi connectivity index (χ0) is 21.4. The first-order valence-electron chi connectivity index (χ1n) is 4.63. The van der Waals surface area contributed by atoms with Gasteiger partial charge in [-0.1, -0.05) is 0 Å². The van der Waals surface area contributed by atoms with Crippen molar-refractivity contribution < 1.29 is 98.5 Å². The van der Waals surface area contributed by atoms with E-state index in [2.05, 4.69) is 0 Å². The fourth-order valence-electron chi connectivity index (χ4n) is 1.97. The molecular formula is C6F18Pu. The summed E-state index contributed by atoms with van der Waals surface area (Å²) in [6.07, 6.45) is 0. The Hall–Kier alpha value is -0.273. The Balaban J connectivity index is 9.10. The Morgan fingerprint density at radius 1 is 0.240 bits per heavy atom. The van der Waals surface area contributed by atoms with Gasteiger partial charge in [0.05, 0.1) is 0 Å². The Morgan fingerprint density at radius 2 is 0.320 bits per heavy atom. The van der Waals surface area contributed by atoms with Gasteiger partial charge in [-0.15, -0.1) is 0 Å². The molecule has 0 fully saturated rings. The molecule has 0 aromatic carbocycles. The molecule has 0 aliphatic heterocycles. The number of rotatable bonds is 0. The van der Waals surface area contributed by atoms with E-state index in [1.807, 2.05) is 0 Å². The normalized spacial score (nSPS) is 19.4. The fourth-order valence-corrected chi connectivity index (χ4v) is 18.4. The van der Waals surface area contributed by atoms with Gasteiger partial charge in [0.1, 0.15) is 0 Å². The Bertz CT molecular complexity index is 395. The maximum absolute atomic E-state index is 16.8. The van der Waals surface area contributed by atoms with Gasteiger partial charge >= 0.3 is 119 Å². The molecule has 0 aromatic rings. The van der Waals surface area contributed by atoms with E-state index in [0.717, 1.165) is 0 Å². The third-order valence-corrected chi connectivity index (χ3v) is 32.4. The molecule has 0 unspecified atom stereocenters. The summed E-state index contributed by atoms with van der Waals surface area (Å²) in [5.41, 5.74) is 0. The van der Waals surface area contributed by atoms with Crippen molar-refractivity contribution in [2.75, 3.05) is 0 Å². The number of hydrogen-bond acceptors (Lipinski definition) is 0. The minimum absolute atomic E-state index is 9.89. The van der Waals surface area contributed by atoms with Gasteiger partial charge in [0.25, 0.3) is 0 Å². The van der Waals surface area contributed by atoms with Crippen molar-refractivity contribution in [3.63, 3.8) is 0 Å². The molecular weight excluding hydrogens is 658 g/mol. The van der Waals surface area contributed by atoms with Gasteiger partial charge in [-0.25, -0.2) is 0 Å². The van der Waals surface area contributed by atoms with E-state index >= 15 is 0 Å². The quantitative estimate of drug-likeness (QED) is 0.267. The Kier molecular flexibility index (Phi) is 4.71. The first-order valence-corrected chi connectivity index (χ1v) is 14.8. The summed E-state index contributed by atoms with van der Waals surface area (Å²) in [6.45, 7) is 0. The van der Waals surface area contributed by atoms with Crippen LogP contribution < -0.4 is 0 Å². The van der Waals surface area contributed by atoms with Crippen molar-refractivity contribution in [2.24, 2.45) is 0 Å². The van der Waals surface area contributed by atoms with E-state index in [9.17, 15) is 79.0 Å². The Morgan fingerprint density at radius 3 is 0.320 bits per heavy atom. The van der Waals surface area contributed by atoms with Crippen LogP contribution in [0.2, 0.25) is 0 Å². The molecule has 0 spiro atoms. The number of halogens is 18. The summed E-state index contributed by atoms with van der Waals surface area (Å²) >= 11 is -16.8.